The molecule has 7 heteroatoms. The topological polar surface area (TPSA) is 74.6 Å². The van der Waals surface area contributed by atoms with E-state index >= 15 is 0 Å². The average Bonchev–Trinajstić information content (AvgIpc) is 3.29. The Morgan fingerprint density at radius 1 is 1.25 bits per heavy atom. The van der Waals surface area contributed by atoms with Crippen LogP contribution in [0.5, 0.6) is 0 Å². The first-order valence-electron chi connectivity index (χ1n) is 9.29. The first-order chi connectivity index (χ1) is 13.4. The van der Waals surface area contributed by atoms with Crippen molar-refractivity contribution >= 4 is 22.6 Å². The highest BCUT2D eigenvalue weighted by Gasteiger charge is 2.22. The molecule has 1 fully saturated rings. The molecule has 6 nitrogen and oxygen atoms in total. The first-order valence-corrected chi connectivity index (χ1v) is 10.9. The number of ketones is 1. The third-order valence-electron chi connectivity index (χ3n) is 5.04. The van der Waals surface area contributed by atoms with Gasteiger partial charge in [0.05, 0.1) is 27.4 Å². The highest BCUT2D eigenvalue weighted by atomic mass is 32.2. The van der Waals surface area contributed by atoms with Crippen molar-refractivity contribution < 1.29 is 23.3 Å². The lowest BCUT2D eigenvalue weighted by Gasteiger charge is -2.14. The van der Waals surface area contributed by atoms with Crippen molar-refractivity contribution in [1.29, 1.82) is 0 Å². The van der Waals surface area contributed by atoms with Crippen LogP contribution in [0.1, 0.15) is 44.9 Å². The van der Waals surface area contributed by atoms with Crippen molar-refractivity contribution in [3.8, 4) is 0 Å². The summed E-state index contributed by atoms with van der Waals surface area (Å²) in [6.45, 7) is 5.01. The predicted molar refractivity (Wildman–Crippen MR) is 106 cm³/mol. The SMILES string of the molecule is Cc1cc(C(=O)COC(=O)c2ccccc2[S@](C)=O)c(C)n1C[C@H]1CCCO1. The lowest BCUT2D eigenvalue weighted by atomic mass is 10.1. The molecule has 1 aliphatic rings. The summed E-state index contributed by atoms with van der Waals surface area (Å²) in [7, 11) is -1.32. The summed E-state index contributed by atoms with van der Waals surface area (Å²) >= 11 is 0. The summed E-state index contributed by atoms with van der Waals surface area (Å²) in [5.41, 5.74) is 2.61. The second kappa shape index (κ2) is 8.84. The van der Waals surface area contributed by atoms with E-state index in [2.05, 4.69) is 4.57 Å². The molecule has 0 amide bonds. The number of rotatable bonds is 7. The number of hydrogen-bond acceptors (Lipinski definition) is 5. The first kappa shape index (κ1) is 20.5. The number of Topliss-reactive ketones (excluding diaryl/α,β-unsaturated/α-hetero) is 1. The molecular weight excluding hydrogens is 378 g/mol. The predicted octanol–water partition coefficient (Wildman–Crippen LogP) is 3.06. The Morgan fingerprint density at radius 2 is 2.00 bits per heavy atom. The van der Waals surface area contributed by atoms with Gasteiger partial charge in [0, 0.05) is 36.4 Å². The van der Waals surface area contributed by atoms with E-state index in [1.807, 2.05) is 19.9 Å². The molecule has 2 aromatic rings. The van der Waals surface area contributed by atoms with E-state index in [0.717, 1.165) is 37.4 Å². The Kier molecular flexibility index (Phi) is 6.46. The molecule has 0 N–H and O–H groups in total. The van der Waals surface area contributed by atoms with Gasteiger partial charge in [0.25, 0.3) is 0 Å². The van der Waals surface area contributed by atoms with Gasteiger partial charge in [-0.05, 0) is 44.9 Å². The van der Waals surface area contributed by atoms with E-state index < -0.39 is 16.8 Å². The number of carbonyl (C=O) groups is 2. The molecule has 0 unspecified atom stereocenters. The van der Waals surface area contributed by atoms with Crippen LogP contribution in [-0.2, 0) is 26.8 Å². The van der Waals surface area contributed by atoms with Gasteiger partial charge in [-0.15, -0.1) is 0 Å². The number of nitrogens with zero attached hydrogens (tertiary/aromatic N) is 1. The van der Waals surface area contributed by atoms with E-state index in [-0.39, 0.29) is 24.1 Å². The van der Waals surface area contributed by atoms with Crippen molar-refractivity contribution in [2.24, 2.45) is 0 Å². The summed E-state index contributed by atoms with van der Waals surface area (Å²) in [6.07, 6.45) is 3.77. The molecule has 2 heterocycles. The Hall–Kier alpha value is -2.25. The third kappa shape index (κ3) is 4.42. The number of aryl methyl sites for hydroxylation is 1. The van der Waals surface area contributed by atoms with Crippen LogP contribution in [0, 0.1) is 13.8 Å². The second-order valence-electron chi connectivity index (χ2n) is 6.98. The van der Waals surface area contributed by atoms with E-state index in [1.165, 1.54) is 6.26 Å². The fraction of sp³-hybridized carbons (Fsp3) is 0.429. The molecule has 1 aromatic carbocycles. The third-order valence-corrected chi connectivity index (χ3v) is 6.01. The van der Waals surface area contributed by atoms with Gasteiger partial charge in [0.2, 0.25) is 5.78 Å². The molecule has 2 atom stereocenters. The average molecular weight is 404 g/mol. The Labute approximate surface area is 167 Å². The molecule has 1 aliphatic heterocycles. The van der Waals surface area contributed by atoms with Crippen LogP contribution in [0.15, 0.2) is 35.2 Å². The van der Waals surface area contributed by atoms with Crippen molar-refractivity contribution in [3.05, 3.63) is 52.8 Å². The van der Waals surface area contributed by atoms with Crippen molar-refractivity contribution in [1.82, 2.24) is 4.57 Å². The van der Waals surface area contributed by atoms with Crippen molar-refractivity contribution in [2.75, 3.05) is 19.5 Å². The lowest BCUT2D eigenvalue weighted by molar-refractivity contribution is 0.0471. The molecule has 28 heavy (non-hydrogen) atoms. The van der Waals surface area contributed by atoms with E-state index in [1.54, 1.807) is 24.3 Å². The molecular formula is C21H25NO5S. The van der Waals surface area contributed by atoms with Gasteiger partial charge < -0.3 is 14.0 Å². The van der Waals surface area contributed by atoms with Crippen LogP contribution >= 0.6 is 0 Å². The number of aromatic nitrogens is 1. The molecule has 0 saturated carbocycles. The number of benzene rings is 1. The molecule has 0 aliphatic carbocycles. The molecule has 3 rings (SSSR count). The summed E-state index contributed by atoms with van der Waals surface area (Å²) < 4.78 is 24.8. The molecule has 1 saturated heterocycles. The Morgan fingerprint density at radius 3 is 2.68 bits per heavy atom. The minimum absolute atomic E-state index is 0.178. The fourth-order valence-electron chi connectivity index (χ4n) is 3.53. The van der Waals surface area contributed by atoms with Crippen molar-refractivity contribution in [2.45, 2.75) is 44.2 Å². The number of hydrogen-bond donors (Lipinski definition) is 0. The van der Waals surface area contributed by atoms with Gasteiger partial charge in [0.15, 0.2) is 6.61 Å². The second-order valence-corrected chi connectivity index (χ2v) is 8.33. The smallest absolute Gasteiger partial charge is 0.339 e. The molecule has 0 bridgehead atoms. The number of esters is 1. The molecule has 0 spiro atoms. The molecule has 0 radical (unpaired) electrons. The van der Waals surface area contributed by atoms with E-state index in [0.29, 0.717) is 10.5 Å². The van der Waals surface area contributed by atoms with Crippen LogP contribution in [0.25, 0.3) is 0 Å². The summed E-state index contributed by atoms with van der Waals surface area (Å²) in [5, 5.41) is 0. The molecule has 150 valence electrons. The zero-order valence-electron chi connectivity index (χ0n) is 16.4. The van der Waals surface area contributed by atoms with Crippen molar-refractivity contribution in [3.63, 3.8) is 0 Å². The highest BCUT2D eigenvalue weighted by molar-refractivity contribution is 7.84. The van der Waals surface area contributed by atoms with Gasteiger partial charge >= 0.3 is 5.97 Å². The summed E-state index contributed by atoms with van der Waals surface area (Å²) in [4.78, 5) is 25.4. The van der Waals surface area contributed by atoms with E-state index in [9.17, 15) is 13.8 Å². The highest BCUT2D eigenvalue weighted by Crippen LogP contribution is 2.21. The Bertz CT molecular complexity index is 912. The van der Waals surface area contributed by atoms with Crippen LogP contribution in [0.4, 0.5) is 0 Å². The minimum Gasteiger partial charge on any atom is -0.454 e. The minimum atomic E-state index is -1.32. The van der Waals surface area contributed by atoms with Crippen LogP contribution in [0.2, 0.25) is 0 Å². The van der Waals surface area contributed by atoms with E-state index in [4.69, 9.17) is 9.47 Å². The van der Waals surface area contributed by atoms with Crippen LogP contribution in [-0.4, -0.2) is 46.1 Å². The number of ether oxygens (including phenoxy) is 2. The quantitative estimate of drug-likeness (QED) is 0.525. The summed E-state index contributed by atoms with van der Waals surface area (Å²) in [5.74, 6) is -0.901. The van der Waals surface area contributed by atoms with Gasteiger partial charge in [-0.1, -0.05) is 12.1 Å². The van der Waals surface area contributed by atoms with Crippen LogP contribution < -0.4 is 0 Å². The molecule has 1 aromatic heterocycles. The van der Waals surface area contributed by atoms with Gasteiger partial charge in [0.1, 0.15) is 0 Å². The van der Waals surface area contributed by atoms with Gasteiger partial charge in [-0.25, -0.2) is 4.79 Å². The largest absolute Gasteiger partial charge is 0.454 e. The lowest BCUT2D eigenvalue weighted by Crippen LogP contribution is -2.18. The monoisotopic (exact) mass is 403 g/mol. The fourth-order valence-corrected chi connectivity index (χ4v) is 4.26. The Balaban J connectivity index is 1.68. The maximum atomic E-state index is 12.6. The maximum Gasteiger partial charge on any atom is 0.339 e. The standard InChI is InChI=1S/C21H25NO5S/c1-14-11-18(15(2)22(14)12-16-7-6-10-26-16)19(23)13-27-21(24)17-8-4-5-9-20(17)28(3)25/h4-5,8-9,11,16H,6-7,10,12-13H2,1-3H3/t16-,28+/m1/s1. The van der Waals surface area contributed by atoms with Gasteiger partial charge in [-0.3, -0.25) is 9.00 Å². The van der Waals surface area contributed by atoms with Crippen LogP contribution in [0.3, 0.4) is 0 Å². The van der Waals surface area contributed by atoms with Gasteiger partial charge in [-0.2, -0.15) is 0 Å². The summed E-state index contributed by atoms with van der Waals surface area (Å²) in [6, 6.07) is 8.38. The normalized spacial score (nSPS) is 17.5. The number of carbonyl (C=O) groups excluding carboxylic acids is 2. The zero-order chi connectivity index (χ0) is 20.3. The zero-order valence-corrected chi connectivity index (χ0v) is 17.2. The maximum absolute atomic E-state index is 12.6.